The molecule has 0 fully saturated rings. The molecule has 0 saturated heterocycles. The molecular weight excluding hydrogens is 194 g/mol. The van der Waals surface area contributed by atoms with Crippen molar-refractivity contribution < 1.29 is 10.2 Å². The Bertz CT molecular complexity index is 184. The zero-order valence-corrected chi connectivity index (χ0v) is 10.2. The molecule has 0 aromatic rings. The van der Waals surface area contributed by atoms with Crippen LogP contribution in [0.4, 0.5) is 0 Å². The monoisotopic (exact) mass is 219 g/mol. The summed E-state index contributed by atoms with van der Waals surface area (Å²) in [6, 6.07) is 0. The van der Waals surface area contributed by atoms with Crippen LogP contribution in [0.3, 0.4) is 0 Å². The van der Waals surface area contributed by atoms with Gasteiger partial charge in [0.25, 0.3) is 0 Å². The molecule has 0 saturated carbocycles. The van der Waals surface area contributed by atoms with E-state index < -0.39 is 6.10 Å². The molecule has 0 heterocycles. The number of aliphatic hydroxyl groups excluding tert-OH is 2. The van der Waals surface area contributed by atoms with Gasteiger partial charge < -0.3 is 21.0 Å². The summed E-state index contributed by atoms with van der Waals surface area (Å²) in [6.45, 7) is 7.67. The van der Waals surface area contributed by atoms with Gasteiger partial charge in [-0.2, -0.15) is 0 Å². The van der Waals surface area contributed by atoms with Crippen molar-refractivity contribution in [2.75, 3.05) is 13.2 Å². The highest BCUT2D eigenvalue weighted by molar-refractivity contribution is 5.06. The summed E-state index contributed by atoms with van der Waals surface area (Å²) in [5.41, 5.74) is 6.38. The molecule has 15 heavy (non-hydrogen) atoms. The highest BCUT2D eigenvalue weighted by Crippen LogP contribution is 2.03. The van der Waals surface area contributed by atoms with E-state index in [1.54, 1.807) is 6.92 Å². The molecule has 0 spiro atoms. The zero-order valence-electron chi connectivity index (χ0n) is 10.2. The first kappa shape index (κ1) is 16.6. The highest BCUT2D eigenvalue weighted by atomic mass is 16.3. The normalized spacial score (nSPS) is 13.5. The summed E-state index contributed by atoms with van der Waals surface area (Å²) in [7, 11) is 0. The molecule has 0 aromatic carbocycles. The molecule has 0 bridgehead atoms. The van der Waals surface area contributed by atoms with Gasteiger partial charge in [-0.1, -0.05) is 20.8 Å². The van der Waals surface area contributed by atoms with E-state index in [1.807, 2.05) is 20.8 Å². The summed E-state index contributed by atoms with van der Waals surface area (Å²) >= 11 is 0. The maximum atomic E-state index is 9.28. The molecule has 1 atom stereocenters. The molecule has 92 valence electrons. The highest BCUT2D eigenvalue weighted by Gasteiger charge is 2.08. The maximum absolute atomic E-state index is 9.28. The lowest BCUT2D eigenvalue weighted by Crippen LogP contribution is -2.37. The standard InChI is InChI=1S/C8H19N3O2.C2H6/c1-3-7(13)4-11(10)6(2)8(9)5-12;1-2/h7,12-13H,3-5,9-10H2,1-2H3;1-2H3/b8-6-;. The summed E-state index contributed by atoms with van der Waals surface area (Å²) in [5, 5.41) is 19.3. The van der Waals surface area contributed by atoms with E-state index in [-0.39, 0.29) is 6.61 Å². The number of hydrogen-bond donors (Lipinski definition) is 4. The fraction of sp³-hybridized carbons (Fsp3) is 0.800. The van der Waals surface area contributed by atoms with Crippen LogP contribution in [0.1, 0.15) is 34.1 Å². The van der Waals surface area contributed by atoms with Crippen LogP contribution in [-0.4, -0.2) is 34.5 Å². The van der Waals surface area contributed by atoms with Crippen molar-refractivity contribution in [1.82, 2.24) is 5.01 Å². The Labute approximate surface area is 92.3 Å². The van der Waals surface area contributed by atoms with E-state index in [9.17, 15) is 5.11 Å². The molecule has 1 unspecified atom stereocenters. The predicted octanol–water partition coefficient (Wildman–Crippen LogP) is 0.142. The van der Waals surface area contributed by atoms with Gasteiger partial charge in [-0.3, -0.25) is 0 Å². The fourth-order valence-corrected chi connectivity index (χ4v) is 0.792. The zero-order chi connectivity index (χ0) is 12.4. The lowest BCUT2D eigenvalue weighted by molar-refractivity contribution is 0.124. The Kier molecular flexibility index (Phi) is 10.8. The molecule has 5 heteroatoms. The smallest absolute Gasteiger partial charge is 0.0843 e. The molecule has 6 N–H and O–H groups in total. The van der Waals surface area contributed by atoms with Crippen molar-refractivity contribution in [2.45, 2.75) is 40.2 Å². The predicted molar refractivity (Wildman–Crippen MR) is 62.5 cm³/mol. The van der Waals surface area contributed by atoms with Crippen LogP contribution in [-0.2, 0) is 0 Å². The first-order valence-corrected chi connectivity index (χ1v) is 5.29. The average Bonchev–Trinajstić information content (AvgIpc) is 2.29. The molecule has 5 nitrogen and oxygen atoms in total. The van der Waals surface area contributed by atoms with Crippen molar-refractivity contribution in [1.29, 1.82) is 0 Å². The van der Waals surface area contributed by atoms with Gasteiger partial charge in [-0.15, -0.1) is 0 Å². The topological polar surface area (TPSA) is 95.7 Å². The number of aliphatic hydroxyl groups is 2. The lowest BCUT2D eigenvalue weighted by atomic mass is 10.2. The van der Waals surface area contributed by atoms with E-state index in [1.165, 1.54) is 5.01 Å². The van der Waals surface area contributed by atoms with Crippen LogP contribution in [0.5, 0.6) is 0 Å². The lowest BCUT2D eigenvalue weighted by Gasteiger charge is -2.23. The third-order valence-corrected chi connectivity index (χ3v) is 1.94. The van der Waals surface area contributed by atoms with Gasteiger partial charge in [0.15, 0.2) is 0 Å². The van der Waals surface area contributed by atoms with Gasteiger partial charge in [0, 0.05) is 5.70 Å². The van der Waals surface area contributed by atoms with Crippen molar-refractivity contribution in [3.63, 3.8) is 0 Å². The van der Waals surface area contributed by atoms with Crippen LogP contribution in [0.2, 0.25) is 0 Å². The first-order chi connectivity index (χ1) is 7.02. The second kappa shape index (κ2) is 9.76. The van der Waals surface area contributed by atoms with Gasteiger partial charge in [-0.25, -0.2) is 5.84 Å². The van der Waals surface area contributed by atoms with Gasteiger partial charge in [0.05, 0.1) is 25.0 Å². The molecule has 0 rings (SSSR count). The minimum Gasteiger partial charge on any atom is -0.399 e. The molecule has 0 aliphatic heterocycles. The Morgan fingerprint density at radius 2 is 1.87 bits per heavy atom. The van der Waals surface area contributed by atoms with Crippen molar-refractivity contribution >= 4 is 0 Å². The molecule has 0 radical (unpaired) electrons. The Hall–Kier alpha value is -0.780. The third kappa shape index (κ3) is 7.18. The molecule has 0 aliphatic rings. The minimum absolute atomic E-state index is 0.220. The summed E-state index contributed by atoms with van der Waals surface area (Å²) in [4.78, 5) is 0. The van der Waals surface area contributed by atoms with Crippen LogP contribution in [0, 0.1) is 0 Å². The minimum atomic E-state index is -0.466. The number of hydrogen-bond acceptors (Lipinski definition) is 5. The van der Waals surface area contributed by atoms with Crippen LogP contribution < -0.4 is 11.6 Å². The average molecular weight is 219 g/mol. The van der Waals surface area contributed by atoms with E-state index in [0.29, 0.717) is 24.4 Å². The second-order valence-electron chi connectivity index (χ2n) is 2.98. The maximum Gasteiger partial charge on any atom is 0.0843 e. The van der Waals surface area contributed by atoms with Gasteiger partial charge in [0.2, 0.25) is 0 Å². The number of nitrogens with zero attached hydrogens (tertiary/aromatic N) is 1. The molecule has 0 aliphatic carbocycles. The fourth-order valence-electron chi connectivity index (χ4n) is 0.792. The van der Waals surface area contributed by atoms with E-state index in [4.69, 9.17) is 16.7 Å². The molecule has 0 amide bonds. The third-order valence-electron chi connectivity index (χ3n) is 1.94. The van der Waals surface area contributed by atoms with Gasteiger partial charge in [-0.05, 0) is 13.3 Å². The van der Waals surface area contributed by atoms with Crippen molar-refractivity contribution in [2.24, 2.45) is 11.6 Å². The number of nitrogens with two attached hydrogens (primary N) is 2. The first-order valence-electron chi connectivity index (χ1n) is 5.29. The number of rotatable bonds is 5. The van der Waals surface area contributed by atoms with Gasteiger partial charge >= 0.3 is 0 Å². The Morgan fingerprint density at radius 3 is 2.20 bits per heavy atom. The summed E-state index contributed by atoms with van der Waals surface area (Å²) in [5.74, 6) is 5.59. The summed E-state index contributed by atoms with van der Waals surface area (Å²) in [6.07, 6.45) is 0.173. The van der Waals surface area contributed by atoms with E-state index >= 15 is 0 Å². The molecule has 0 aromatic heterocycles. The Morgan fingerprint density at radius 1 is 1.40 bits per heavy atom. The van der Waals surface area contributed by atoms with E-state index in [0.717, 1.165) is 0 Å². The van der Waals surface area contributed by atoms with Crippen LogP contribution in [0.15, 0.2) is 11.4 Å². The SMILES string of the molecule is CC.CCC(O)CN(N)/C(C)=C(\N)CO. The summed E-state index contributed by atoms with van der Waals surface area (Å²) < 4.78 is 0. The number of hydrazine groups is 1. The van der Waals surface area contributed by atoms with Crippen LogP contribution >= 0.6 is 0 Å². The van der Waals surface area contributed by atoms with Crippen LogP contribution in [0.25, 0.3) is 0 Å². The largest absolute Gasteiger partial charge is 0.399 e. The molecular formula is C10H25N3O2. The second-order valence-corrected chi connectivity index (χ2v) is 2.98. The number of allylic oxidation sites excluding steroid dienone is 1. The van der Waals surface area contributed by atoms with Crippen molar-refractivity contribution in [3.05, 3.63) is 11.4 Å². The Balaban J connectivity index is 0. The van der Waals surface area contributed by atoms with E-state index in [2.05, 4.69) is 0 Å². The quantitative estimate of drug-likeness (QED) is 0.390. The van der Waals surface area contributed by atoms with Crippen molar-refractivity contribution in [3.8, 4) is 0 Å². The van der Waals surface area contributed by atoms with Gasteiger partial charge in [0.1, 0.15) is 0 Å².